The SMILES string of the molecule is COC(=O)CSCC(=O)NNC(=O)c1cccc([N+](=O)[O-])c1. The summed E-state index contributed by atoms with van der Waals surface area (Å²) in [6.45, 7) is 0. The second-order valence-electron chi connectivity index (χ2n) is 3.88. The predicted molar refractivity (Wildman–Crippen MR) is 78.0 cm³/mol. The molecule has 1 aromatic carbocycles. The second-order valence-corrected chi connectivity index (χ2v) is 4.86. The summed E-state index contributed by atoms with van der Waals surface area (Å²) in [5.41, 5.74) is 4.08. The van der Waals surface area contributed by atoms with Crippen LogP contribution in [0.25, 0.3) is 0 Å². The van der Waals surface area contributed by atoms with Gasteiger partial charge in [-0.2, -0.15) is 0 Å². The molecule has 0 aliphatic rings. The summed E-state index contributed by atoms with van der Waals surface area (Å²) in [4.78, 5) is 43.9. The maximum atomic E-state index is 11.7. The van der Waals surface area contributed by atoms with E-state index in [1.165, 1.54) is 25.3 Å². The van der Waals surface area contributed by atoms with Crippen LogP contribution in [0.2, 0.25) is 0 Å². The van der Waals surface area contributed by atoms with Crippen LogP contribution >= 0.6 is 11.8 Å². The zero-order valence-electron chi connectivity index (χ0n) is 11.5. The molecular formula is C12H13N3O6S. The number of amides is 2. The fourth-order valence-corrected chi connectivity index (χ4v) is 1.93. The number of hydrogen-bond donors (Lipinski definition) is 2. The number of carbonyl (C=O) groups is 3. The summed E-state index contributed by atoms with van der Waals surface area (Å²) < 4.78 is 4.40. The highest BCUT2D eigenvalue weighted by Crippen LogP contribution is 2.12. The van der Waals surface area contributed by atoms with Crippen LogP contribution in [0.4, 0.5) is 5.69 Å². The van der Waals surface area contributed by atoms with Crippen molar-refractivity contribution in [3.8, 4) is 0 Å². The molecule has 1 aromatic rings. The Bertz CT molecular complexity index is 592. The molecule has 0 radical (unpaired) electrons. The van der Waals surface area contributed by atoms with Crippen molar-refractivity contribution in [2.24, 2.45) is 0 Å². The van der Waals surface area contributed by atoms with Gasteiger partial charge in [-0.1, -0.05) is 6.07 Å². The van der Waals surface area contributed by atoms with Crippen LogP contribution in [0.3, 0.4) is 0 Å². The van der Waals surface area contributed by atoms with Crippen LogP contribution < -0.4 is 10.9 Å². The van der Waals surface area contributed by atoms with Gasteiger partial charge in [0.2, 0.25) is 5.91 Å². The van der Waals surface area contributed by atoms with Crippen molar-refractivity contribution in [1.82, 2.24) is 10.9 Å². The molecule has 0 aliphatic heterocycles. The number of nitrogens with zero attached hydrogens (tertiary/aromatic N) is 1. The van der Waals surface area contributed by atoms with Crippen LogP contribution in [-0.4, -0.2) is 41.3 Å². The monoisotopic (exact) mass is 327 g/mol. The van der Waals surface area contributed by atoms with E-state index in [4.69, 9.17) is 0 Å². The predicted octanol–water partition coefficient (Wildman–Crippen LogP) is 0.262. The van der Waals surface area contributed by atoms with E-state index in [0.29, 0.717) is 0 Å². The van der Waals surface area contributed by atoms with E-state index in [1.54, 1.807) is 0 Å². The minimum absolute atomic E-state index is 0.0166. The molecule has 0 heterocycles. The largest absolute Gasteiger partial charge is 0.468 e. The first-order valence-corrected chi connectivity index (χ1v) is 7.07. The number of nitro benzene ring substituents is 1. The molecule has 10 heteroatoms. The first kappa shape index (κ1) is 17.4. The Labute approximate surface area is 129 Å². The molecule has 0 aliphatic carbocycles. The van der Waals surface area contributed by atoms with Crippen LogP contribution in [0.15, 0.2) is 24.3 Å². The fourth-order valence-electron chi connectivity index (χ4n) is 1.28. The van der Waals surface area contributed by atoms with E-state index in [1.807, 2.05) is 0 Å². The van der Waals surface area contributed by atoms with Crippen LogP contribution in [0, 0.1) is 10.1 Å². The minimum atomic E-state index is -0.685. The lowest BCUT2D eigenvalue weighted by molar-refractivity contribution is -0.384. The molecule has 0 fully saturated rings. The van der Waals surface area contributed by atoms with Gasteiger partial charge in [0.15, 0.2) is 0 Å². The molecule has 0 spiro atoms. The van der Waals surface area contributed by atoms with Crippen LogP contribution in [0.1, 0.15) is 10.4 Å². The van der Waals surface area contributed by atoms with Crippen molar-refractivity contribution in [3.05, 3.63) is 39.9 Å². The van der Waals surface area contributed by atoms with Gasteiger partial charge in [-0.25, -0.2) is 0 Å². The summed E-state index contributed by atoms with van der Waals surface area (Å²) in [5.74, 6) is -1.70. The van der Waals surface area contributed by atoms with Crippen molar-refractivity contribution >= 4 is 35.2 Å². The third kappa shape index (κ3) is 5.79. The van der Waals surface area contributed by atoms with Gasteiger partial charge in [-0.3, -0.25) is 35.3 Å². The van der Waals surface area contributed by atoms with Crippen molar-refractivity contribution < 1.29 is 24.0 Å². The Kier molecular flexibility index (Phi) is 6.83. The number of ether oxygens (including phenoxy) is 1. The number of non-ortho nitro benzene ring substituents is 1. The number of methoxy groups -OCH3 is 1. The third-order valence-corrected chi connectivity index (χ3v) is 3.22. The molecule has 22 heavy (non-hydrogen) atoms. The lowest BCUT2D eigenvalue weighted by atomic mass is 10.2. The van der Waals surface area contributed by atoms with Gasteiger partial charge in [-0.15, -0.1) is 11.8 Å². The molecule has 2 amide bonds. The summed E-state index contributed by atoms with van der Waals surface area (Å²) in [5, 5.41) is 10.6. The zero-order chi connectivity index (χ0) is 16.5. The number of nitro groups is 1. The third-order valence-electron chi connectivity index (χ3n) is 2.32. The van der Waals surface area contributed by atoms with Gasteiger partial charge in [0.1, 0.15) is 0 Å². The Morgan fingerprint density at radius 1 is 1.27 bits per heavy atom. The highest BCUT2D eigenvalue weighted by molar-refractivity contribution is 8.00. The molecule has 9 nitrogen and oxygen atoms in total. The van der Waals surface area contributed by atoms with Crippen molar-refractivity contribution in [2.45, 2.75) is 0 Å². The molecule has 0 atom stereocenters. The Hall–Kier alpha value is -2.62. The first-order valence-electron chi connectivity index (χ1n) is 5.92. The highest BCUT2D eigenvalue weighted by Gasteiger charge is 2.12. The van der Waals surface area contributed by atoms with E-state index in [0.717, 1.165) is 17.8 Å². The van der Waals surface area contributed by atoms with Crippen LogP contribution in [0.5, 0.6) is 0 Å². The van der Waals surface area contributed by atoms with Gasteiger partial charge < -0.3 is 4.74 Å². The lowest BCUT2D eigenvalue weighted by Crippen LogP contribution is -2.42. The molecule has 1 rings (SSSR count). The molecule has 0 unspecified atom stereocenters. The number of hydrazine groups is 1. The van der Waals surface area contributed by atoms with Gasteiger partial charge in [0.25, 0.3) is 11.6 Å². The van der Waals surface area contributed by atoms with E-state index >= 15 is 0 Å². The summed E-state index contributed by atoms with van der Waals surface area (Å²) in [7, 11) is 1.24. The van der Waals surface area contributed by atoms with Crippen molar-refractivity contribution in [1.29, 1.82) is 0 Å². The zero-order valence-corrected chi connectivity index (χ0v) is 12.3. The maximum Gasteiger partial charge on any atom is 0.315 e. The van der Waals surface area contributed by atoms with Crippen LogP contribution in [-0.2, 0) is 14.3 Å². The van der Waals surface area contributed by atoms with E-state index in [-0.39, 0.29) is 22.8 Å². The number of hydrogen-bond acceptors (Lipinski definition) is 7. The van der Waals surface area contributed by atoms with Gasteiger partial charge in [0.05, 0.1) is 23.5 Å². The Morgan fingerprint density at radius 3 is 2.64 bits per heavy atom. The maximum absolute atomic E-state index is 11.7. The lowest BCUT2D eigenvalue weighted by Gasteiger charge is -2.07. The number of rotatable bonds is 6. The molecule has 0 aromatic heterocycles. The number of carbonyl (C=O) groups excluding carboxylic acids is 3. The van der Waals surface area contributed by atoms with Gasteiger partial charge in [0, 0.05) is 17.7 Å². The fraction of sp³-hybridized carbons (Fsp3) is 0.250. The van der Waals surface area contributed by atoms with E-state index in [9.17, 15) is 24.5 Å². The molecule has 118 valence electrons. The smallest absolute Gasteiger partial charge is 0.315 e. The van der Waals surface area contributed by atoms with Crippen molar-refractivity contribution in [2.75, 3.05) is 18.6 Å². The number of benzene rings is 1. The molecule has 0 saturated heterocycles. The average molecular weight is 327 g/mol. The second kappa shape index (κ2) is 8.62. The number of nitrogens with one attached hydrogen (secondary N) is 2. The average Bonchev–Trinajstić information content (AvgIpc) is 2.52. The molecule has 0 bridgehead atoms. The topological polar surface area (TPSA) is 128 Å². The standard InChI is InChI=1S/C12H13N3O6S/c1-21-11(17)7-22-6-10(16)13-14-12(18)8-3-2-4-9(5-8)15(19)20/h2-5H,6-7H2,1H3,(H,13,16)(H,14,18). The number of thioether (sulfide) groups is 1. The normalized spacial score (nSPS) is 9.68. The first-order chi connectivity index (χ1) is 10.4. The van der Waals surface area contributed by atoms with Crippen molar-refractivity contribution in [3.63, 3.8) is 0 Å². The van der Waals surface area contributed by atoms with E-state index in [2.05, 4.69) is 15.6 Å². The molecular weight excluding hydrogens is 314 g/mol. The molecule has 2 N–H and O–H groups in total. The summed E-state index contributed by atoms with van der Waals surface area (Å²) in [6.07, 6.45) is 0. The van der Waals surface area contributed by atoms with Gasteiger partial charge in [-0.05, 0) is 6.07 Å². The summed E-state index contributed by atoms with van der Waals surface area (Å²) >= 11 is 1.02. The quantitative estimate of drug-likeness (QED) is 0.436. The molecule has 0 saturated carbocycles. The van der Waals surface area contributed by atoms with Gasteiger partial charge >= 0.3 is 5.97 Å². The summed E-state index contributed by atoms with van der Waals surface area (Å²) in [6, 6.07) is 5.08. The Morgan fingerprint density at radius 2 is 2.00 bits per heavy atom. The highest BCUT2D eigenvalue weighted by atomic mass is 32.2. The minimum Gasteiger partial charge on any atom is -0.468 e. The number of esters is 1. The Balaban J connectivity index is 2.42. The van der Waals surface area contributed by atoms with E-state index < -0.39 is 22.7 Å².